The quantitative estimate of drug-likeness (QED) is 0.693. The molecule has 0 unspecified atom stereocenters. The Bertz CT molecular complexity index is 1220. The Hall–Kier alpha value is -2.92. The fourth-order valence-corrected chi connectivity index (χ4v) is 5.41. The molecular weight excluding hydrogens is 430 g/mol. The summed E-state index contributed by atoms with van der Waals surface area (Å²) in [6.45, 7) is 4.71. The molecule has 1 aliphatic rings. The predicted molar refractivity (Wildman–Crippen MR) is 112 cm³/mol. The zero-order valence-corrected chi connectivity index (χ0v) is 18.2. The zero-order valence-electron chi connectivity index (χ0n) is 16.5. The summed E-state index contributed by atoms with van der Waals surface area (Å²) < 4.78 is 51.7. The second kappa shape index (κ2) is 7.73. The molecule has 11 heteroatoms. The Morgan fingerprint density at radius 1 is 1.07 bits per heavy atom. The van der Waals surface area contributed by atoms with Crippen molar-refractivity contribution in [2.75, 3.05) is 15.8 Å². The third kappa shape index (κ3) is 4.03. The minimum atomic E-state index is -4.01. The smallest absolute Gasteiger partial charge is 0.269 e. The Labute approximate surface area is 175 Å². The van der Waals surface area contributed by atoms with Gasteiger partial charge in [0, 0.05) is 23.0 Å². The molecule has 3 rings (SSSR count). The van der Waals surface area contributed by atoms with Gasteiger partial charge in [0.2, 0.25) is 10.0 Å². The van der Waals surface area contributed by atoms with Gasteiger partial charge in [-0.1, -0.05) is 0 Å². The molecule has 160 valence electrons. The third-order valence-electron chi connectivity index (χ3n) is 4.48. The lowest BCUT2D eigenvalue weighted by Crippen LogP contribution is -2.36. The molecular formula is C19H21N3O6S2. The van der Waals surface area contributed by atoms with Crippen molar-refractivity contribution in [2.45, 2.75) is 31.7 Å². The minimum Gasteiger partial charge on any atom is -0.322 e. The van der Waals surface area contributed by atoms with E-state index < -0.39 is 37.9 Å². The average molecular weight is 452 g/mol. The summed E-state index contributed by atoms with van der Waals surface area (Å²) >= 11 is 0. The zero-order chi connectivity index (χ0) is 22.3. The summed E-state index contributed by atoms with van der Waals surface area (Å²) in [6, 6.07) is 9.37. The number of amides is 2. The number of nitrogens with zero attached hydrogens (tertiary/aromatic N) is 1. The van der Waals surface area contributed by atoms with E-state index in [9.17, 15) is 26.4 Å². The summed E-state index contributed by atoms with van der Waals surface area (Å²) in [5.74, 6) is -1.24. The summed E-state index contributed by atoms with van der Waals surface area (Å²) in [5.41, 5.74) is 0.854. The number of sulfonamides is 2. The van der Waals surface area contributed by atoms with Gasteiger partial charge >= 0.3 is 0 Å². The molecule has 0 atom stereocenters. The number of nitrogens with one attached hydrogen (secondary N) is 2. The molecule has 0 aliphatic carbocycles. The van der Waals surface area contributed by atoms with Gasteiger partial charge in [-0.05, 0) is 63.2 Å². The molecule has 1 aliphatic heterocycles. The molecule has 0 aromatic heterocycles. The minimum absolute atomic E-state index is 0.0350. The fraction of sp³-hybridized carbons (Fsp3) is 0.263. The van der Waals surface area contributed by atoms with Gasteiger partial charge in [-0.3, -0.25) is 14.3 Å². The SMILES string of the molecule is CCS(=O)(=O)Nc1ccc(NC(=O)c2ccc3c(c2)S(=O)(=O)N(C(C)C)C3=O)cc1. The highest BCUT2D eigenvalue weighted by atomic mass is 32.2. The van der Waals surface area contributed by atoms with Crippen molar-refractivity contribution >= 4 is 43.2 Å². The van der Waals surface area contributed by atoms with Crippen molar-refractivity contribution in [3.63, 3.8) is 0 Å². The molecule has 0 spiro atoms. The van der Waals surface area contributed by atoms with E-state index in [4.69, 9.17) is 0 Å². The van der Waals surface area contributed by atoms with E-state index in [1.807, 2.05) is 0 Å². The van der Waals surface area contributed by atoms with Crippen LogP contribution in [0.3, 0.4) is 0 Å². The lowest BCUT2D eigenvalue weighted by Gasteiger charge is -2.18. The van der Waals surface area contributed by atoms with Gasteiger partial charge in [0.05, 0.1) is 11.3 Å². The first-order valence-electron chi connectivity index (χ1n) is 9.11. The highest BCUT2D eigenvalue weighted by Crippen LogP contribution is 2.32. The maximum Gasteiger partial charge on any atom is 0.269 e. The van der Waals surface area contributed by atoms with Crippen molar-refractivity contribution in [2.24, 2.45) is 0 Å². The first kappa shape index (κ1) is 21.8. The summed E-state index contributed by atoms with van der Waals surface area (Å²) in [6.07, 6.45) is 0. The summed E-state index contributed by atoms with van der Waals surface area (Å²) in [5, 5.41) is 2.62. The maximum atomic E-state index is 12.7. The molecule has 0 saturated carbocycles. The molecule has 2 aromatic carbocycles. The van der Waals surface area contributed by atoms with Crippen LogP contribution >= 0.6 is 0 Å². The number of hydrogen-bond acceptors (Lipinski definition) is 6. The third-order valence-corrected chi connectivity index (χ3v) is 7.78. The Morgan fingerprint density at radius 3 is 2.23 bits per heavy atom. The lowest BCUT2D eigenvalue weighted by molar-refractivity contribution is 0.0846. The molecule has 0 fully saturated rings. The van der Waals surface area contributed by atoms with Crippen LogP contribution in [0.25, 0.3) is 0 Å². The lowest BCUT2D eigenvalue weighted by atomic mass is 10.1. The molecule has 0 bridgehead atoms. The molecule has 1 heterocycles. The van der Waals surface area contributed by atoms with Crippen LogP contribution in [-0.2, 0) is 20.0 Å². The number of rotatable bonds is 6. The van der Waals surface area contributed by atoms with E-state index in [0.29, 0.717) is 11.4 Å². The van der Waals surface area contributed by atoms with Crippen molar-refractivity contribution in [3.8, 4) is 0 Å². The van der Waals surface area contributed by atoms with Crippen molar-refractivity contribution < 1.29 is 26.4 Å². The molecule has 0 saturated heterocycles. The maximum absolute atomic E-state index is 12.7. The van der Waals surface area contributed by atoms with Crippen LogP contribution in [0.2, 0.25) is 0 Å². The van der Waals surface area contributed by atoms with Gasteiger partial charge in [0.1, 0.15) is 4.90 Å². The van der Waals surface area contributed by atoms with Crippen molar-refractivity contribution in [1.29, 1.82) is 0 Å². The Kier molecular flexibility index (Phi) is 5.61. The number of hydrogen-bond donors (Lipinski definition) is 2. The highest BCUT2D eigenvalue weighted by molar-refractivity contribution is 7.92. The molecule has 9 nitrogen and oxygen atoms in total. The molecule has 2 N–H and O–H groups in total. The average Bonchev–Trinajstić information content (AvgIpc) is 2.88. The molecule has 2 amide bonds. The van der Waals surface area contributed by atoms with E-state index in [0.717, 1.165) is 4.31 Å². The first-order chi connectivity index (χ1) is 14.0. The molecule has 30 heavy (non-hydrogen) atoms. The number of fused-ring (bicyclic) bond motifs is 1. The van der Waals surface area contributed by atoms with Crippen LogP contribution in [0.1, 0.15) is 41.5 Å². The van der Waals surface area contributed by atoms with Crippen LogP contribution in [0.4, 0.5) is 11.4 Å². The first-order valence-corrected chi connectivity index (χ1v) is 12.2. The number of anilines is 2. The van der Waals surface area contributed by atoms with E-state index in [1.165, 1.54) is 49.4 Å². The van der Waals surface area contributed by atoms with Crippen LogP contribution < -0.4 is 10.0 Å². The van der Waals surface area contributed by atoms with Crippen molar-refractivity contribution in [3.05, 3.63) is 53.6 Å². The van der Waals surface area contributed by atoms with Gasteiger partial charge in [0.25, 0.3) is 21.8 Å². The Balaban J connectivity index is 1.82. The van der Waals surface area contributed by atoms with E-state index >= 15 is 0 Å². The normalized spacial score (nSPS) is 15.2. The highest BCUT2D eigenvalue weighted by Gasteiger charge is 2.42. The van der Waals surface area contributed by atoms with E-state index in [-0.39, 0.29) is 21.8 Å². The number of benzene rings is 2. The number of carbonyl (C=O) groups excluding carboxylic acids is 2. The van der Waals surface area contributed by atoms with Crippen LogP contribution in [0.5, 0.6) is 0 Å². The standard InChI is InChI=1S/C19H21N3O6S2/c1-4-29(25,26)21-15-8-6-14(7-9-15)20-18(23)13-5-10-16-17(11-13)30(27,28)22(12(2)3)19(16)24/h5-12,21H,4H2,1-3H3,(H,20,23). The summed E-state index contributed by atoms with van der Waals surface area (Å²) in [4.78, 5) is 24.7. The van der Waals surface area contributed by atoms with Crippen LogP contribution in [0, 0.1) is 0 Å². The van der Waals surface area contributed by atoms with E-state index in [1.54, 1.807) is 13.8 Å². The monoisotopic (exact) mass is 451 g/mol. The second-order valence-electron chi connectivity index (χ2n) is 6.95. The van der Waals surface area contributed by atoms with Gasteiger partial charge in [-0.15, -0.1) is 0 Å². The molecule has 0 radical (unpaired) electrons. The fourth-order valence-electron chi connectivity index (χ4n) is 2.98. The van der Waals surface area contributed by atoms with Crippen LogP contribution in [0.15, 0.2) is 47.4 Å². The summed E-state index contributed by atoms with van der Waals surface area (Å²) in [7, 11) is -7.42. The van der Waals surface area contributed by atoms with Crippen LogP contribution in [-0.4, -0.2) is 44.7 Å². The van der Waals surface area contributed by atoms with Gasteiger partial charge in [0.15, 0.2) is 0 Å². The van der Waals surface area contributed by atoms with E-state index in [2.05, 4.69) is 10.0 Å². The Morgan fingerprint density at radius 2 is 1.67 bits per heavy atom. The van der Waals surface area contributed by atoms with Gasteiger partial charge < -0.3 is 5.32 Å². The topological polar surface area (TPSA) is 130 Å². The van der Waals surface area contributed by atoms with Crippen molar-refractivity contribution in [1.82, 2.24) is 4.31 Å². The predicted octanol–water partition coefficient (Wildman–Crippen LogP) is 2.25. The largest absolute Gasteiger partial charge is 0.322 e. The van der Waals surface area contributed by atoms with Gasteiger partial charge in [-0.2, -0.15) is 0 Å². The second-order valence-corrected chi connectivity index (χ2v) is 10.7. The molecule has 2 aromatic rings. The van der Waals surface area contributed by atoms with Gasteiger partial charge in [-0.25, -0.2) is 21.1 Å². The number of carbonyl (C=O) groups is 2.